The second-order valence-corrected chi connectivity index (χ2v) is 35.9. The quantitative estimate of drug-likeness (QED) is 0.146. The number of anilines is 15. The van der Waals surface area contributed by atoms with Gasteiger partial charge in [0.25, 0.3) is 6.71 Å². The van der Waals surface area contributed by atoms with Crippen molar-refractivity contribution in [1.29, 1.82) is 0 Å². The van der Waals surface area contributed by atoms with Gasteiger partial charge < -0.3 is 24.5 Å². The van der Waals surface area contributed by atoms with E-state index in [0.29, 0.717) is 0 Å². The van der Waals surface area contributed by atoms with Gasteiger partial charge in [0.2, 0.25) is 0 Å². The molecular formula is C90H92BN5S2. The molecule has 0 atom stereocenters. The van der Waals surface area contributed by atoms with Crippen LogP contribution in [0.2, 0.25) is 0 Å². The van der Waals surface area contributed by atoms with Crippen LogP contribution in [0.3, 0.4) is 0 Å². The monoisotopic (exact) mass is 1320 g/mol. The van der Waals surface area contributed by atoms with Crippen LogP contribution in [0, 0.1) is 0 Å². The smallest absolute Gasteiger partial charge is 0.252 e. The summed E-state index contributed by atoms with van der Waals surface area (Å²) in [6.07, 6.45) is 0. The molecule has 0 spiro atoms. The van der Waals surface area contributed by atoms with Crippen LogP contribution >= 0.6 is 23.5 Å². The summed E-state index contributed by atoms with van der Waals surface area (Å²) in [6, 6.07) is 89.6. The van der Waals surface area contributed by atoms with Gasteiger partial charge in [-0.1, -0.05) is 245 Å². The Kier molecular flexibility index (Phi) is 15.6. The molecule has 11 aromatic rings. The maximum atomic E-state index is 2.69. The zero-order valence-electron chi connectivity index (χ0n) is 60.6. The first kappa shape index (κ1) is 65.1. The molecule has 4 aliphatic heterocycles. The Balaban J connectivity index is 1.11. The molecule has 0 amide bonds. The van der Waals surface area contributed by atoms with Crippen LogP contribution in [0.5, 0.6) is 0 Å². The van der Waals surface area contributed by atoms with Crippen molar-refractivity contribution in [1.82, 2.24) is 0 Å². The second-order valence-electron chi connectivity index (χ2n) is 33.7. The summed E-state index contributed by atoms with van der Waals surface area (Å²) in [7, 11) is 0. The molecule has 492 valence electrons. The fraction of sp³-hybridized carbons (Fsp3) is 0.267. The number of fused-ring (bicyclic) bond motifs is 8. The standard InChI is InChI=1S/C90H92BN5S2/c1-85(2,3)57-35-39-63(40-36-57)92(64-41-37-58(38-42-64)86(4,5)6)69-55-78-84-79(56-69)96(68-51-61(89(13,14)15)48-62(52-68)90(16,17)18)77-54-66(94-74-29-21-25-33-82(74)98-83-34-26-22-30-75(83)94)44-46-71(77)91(84)70-45-43-65(93-72-27-19-23-31-80(72)97-81-32-24-20-28-73(81)93)53-76(70)95(78)67-49-59(87(7,8)9)47-60(50-67)88(10,11)12/h19-56H,1-18H3. The number of hydrogen-bond acceptors (Lipinski definition) is 7. The summed E-state index contributed by atoms with van der Waals surface area (Å²) >= 11 is 3.71. The third-order valence-electron chi connectivity index (χ3n) is 20.5. The van der Waals surface area contributed by atoms with E-state index < -0.39 is 0 Å². The van der Waals surface area contributed by atoms with Crippen LogP contribution in [0.4, 0.5) is 85.3 Å². The molecule has 4 heterocycles. The summed E-state index contributed by atoms with van der Waals surface area (Å²) in [5.41, 5.74) is 27.9. The van der Waals surface area contributed by atoms with E-state index in [1.165, 1.54) is 92.1 Å². The molecule has 0 aliphatic carbocycles. The minimum absolute atomic E-state index is 0.0441. The van der Waals surface area contributed by atoms with Crippen molar-refractivity contribution < 1.29 is 0 Å². The first-order chi connectivity index (χ1) is 46.4. The van der Waals surface area contributed by atoms with Gasteiger partial charge in [0.1, 0.15) is 0 Å². The largest absolute Gasteiger partial charge is 0.311 e. The van der Waals surface area contributed by atoms with Crippen LogP contribution in [-0.4, -0.2) is 6.71 Å². The van der Waals surface area contributed by atoms with Crippen LogP contribution in [0.15, 0.2) is 250 Å². The van der Waals surface area contributed by atoms with Gasteiger partial charge in [-0.2, -0.15) is 0 Å². The molecule has 11 aromatic carbocycles. The summed E-state index contributed by atoms with van der Waals surface area (Å²) in [6.45, 7) is 42.1. The van der Waals surface area contributed by atoms with Gasteiger partial charge >= 0.3 is 0 Å². The summed E-state index contributed by atoms with van der Waals surface area (Å²) in [5, 5.41) is 0. The van der Waals surface area contributed by atoms with Gasteiger partial charge in [-0.05, 0) is 216 Å². The number of para-hydroxylation sites is 4. The average molecular weight is 1320 g/mol. The SMILES string of the molecule is CC(C)(C)c1ccc(N(c2ccc(C(C)(C)C)cc2)c2cc3c4c(c2)N(c2cc(C(C)(C)C)cc(C(C)(C)C)c2)c2cc(N5c6ccccc6Sc6ccccc65)ccc2B4c2ccc(N4c5ccccc5Sc5ccccc54)cc2N3c2cc(C(C)(C)C)cc(C(C)(C)C)c2)cc1. The zero-order valence-corrected chi connectivity index (χ0v) is 62.2. The van der Waals surface area contributed by atoms with Gasteiger partial charge in [0.05, 0.1) is 28.4 Å². The molecule has 0 N–H and O–H groups in total. The first-order valence-electron chi connectivity index (χ1n) is 35.1. The van der Waals surface area contributed by atoms with E-state index >= 15 is 0 Å². The summed E-state index contributed by atoms with van der Waals surface area (Å²) < 4.78 is 0. The van der Waals surface area contributed by atoms with Gasteiger partial charge in [-0.3, -0.25) is 0 Å². The van der Waals surface area contributed by atoms with Crippen molar-refractivity contribution in [2.75, 3.05) is 24.5 Å². The van der Waals surface area contributed by atoms with Crippen molar-refractivity contribution >= 4 is 132 Å². The predicted octanol–water partition coefficient (Wildman–Crippen LogP) is 24.9. The topological polar surface area (TPSA) is 16.2 Å². The van der Waals surface area contributed by atoms with E-state index in [0.717, 1.165) is 62.6 Å². The highest BCUT2D eigenvalue weighted by Gasteiger charge is 2.46. The van der Waals surface area contributed by atoms with E-state index in [1.54, 1.807) is 0 Å². The Labute approximate surface area is 593 Å². The van der Waals surface area contributed by atoms with Gasteiger partial charge in [0.15, 0.2) is 0 Å². The van der Waals surface area contributed by atoms with Gasteiger partial charge in [-0.15, -0.1) is 0 Å². The molecule has 4 aliphatic rings. The van der Waals surface area contributed by atoms with Gasteiger partial charge in [-0.25, -0.2) is 0 Å². The third-order valence-corrected chi connectivity index (χ3v) is 22.7. The fourth-order valence-electron chi connectivity index (χ4n) is 14.8. The molecule has 5 nitrogen and oxygen atoms in total. The lowest BCUT2D eigenvalue weighted by molar-refractivity contribution is 0.568. The van der Waals surface area contributed by atoms with Crippen molar-refractivity contribution in [2.45, 2.75) is 177 Å². The van der Waals surface area contributed by atoms with E-state index in [4.69, 9.17) is 0 Å². The highest BCUT2D eigenvalue weighted by Crippen LogP contribution is 2.57. The Hall–Kier alpha value is -8.82. The maximum absolute atomic E-state index is 2.69. The highest BCUT2D eigenvalue weighted by atomic mass is 32.2. The minimum Gasteiger partial charge on any atom is -0.311 e. The normalized spacial score (nSPS) is 14.2. The Bertz CT molecular complexity index is 4500. The van der Waals surface area contributed by atoms with Crippen molar-refractivity contribution in [3.8, 4) is 0 Å². The molecule has 0 fully saturated rings. The highest BCUT2D eigenvalue weighted by molar-refractivity contribution is 8.00. The lowest BCUT2D eigenvalue weighted by Crippen LogP contribution is -2.61. The summed E-state index contributed by atoms with van der Waals surface area (Å²) in [5.74, 6) is 0. The number of rotatable bonds is 7. The molecule has 0 saturated carbocycles. The number of hydrogen-bond donors (Lipinski definition) is 0. The van der Waals surface area contributed by atoms with Crippen LogP contribution < -0.4 is 40.9 Å². The van der Waals surface area contributed by atoms with E-state index in [-0.39, 0.29) is 39.2 Å². The molecule has 0 aromatic heterocycles. The Morgan fingerprint density at radius 3 is 0.827 bits per heavy atom. The number of benzene rings is 11. The average Bonchev–Trinajstić information content (AvgIpc) is 0.688. The lowest BCUT2D eigenvalue weighted by atomic mass is 9.33. The van der Waals surface area contributed by atoms with Gasteiger partial charge in [0, 0.05) is 76.5 Å². The maximum Gasteiger partial charge on any atom is 0.252 e. The molecule has 8 heteroatoms. The molecule has 15 rings (SSSR count). The molecule has 0 unspecified atom stereocenters. The molecule has 0 bridgehead atoms. The second kappa shape index (κ2) is 23.4. The fourth-order valence-corrected chi connectivity index (χ4v) is 16.9. The van der Waals surface area contributed by atoms with Crippen molar-refractivity contribution in [3.05, 3.63) is 264 Å². The first-order valence-corrected chi connectivity index (χ1v) is 36.7. The van der Waals surface area contributed by atoms with E-state index in [2.05, 4.69) is 380 Å². The Morgan fingerprint density at radius 2 is 0.531 bits per heavy atom. The van der Waals surface area contributed by atoms with E-state index in [9.17, 15) is 0 Å². The molecule has 0 saturated heterocycles. The van der Waals surface area contributed by atoms with Crippen LogP contribution in [0.1, 0.15) is 158 Å². The molecular weight excluding hydrogens is 1230 g/mol. The molecule has 98 heavy (non-hydrogen) atoms. The lowest BCUT2D eigenvalue weighted by Gasteiger charge is -2.46. The van der Waals surface area contributed by atoms with Crippen LogP contribution in [0.25, 0.3) is 0 Å². The number of nitrogens with zero attached hydrogens (tertiary/aromatic N) is 5. The zero-order chi connectivity index (χ0) is 68.9. The Morgan fingerprint density at radius 1 is 0.245 bits per heavy atom. The van der Waals surface area contributed by atoms with E-state index in [1.807, 2.05) is 23.5 Å². The molecule has 0 radical (unpaired) electrons. The van der Waals surface area contributed by atoms with Crippen molar-refractivity contribution in [2.24, 2.45) is 0 Å². The van der Waals surface area contributed by atoms with Crippen LogP contribution in [-0.2, 0) is 32.5 Å². The summed E-state index contributed by atoms with van der Waals surface area (Å²) in [4.78, 5) is 17.9. The third kappa shape index (κ3) is 11.5. The van der Waals surface area contributed by atoms with Crippen molar-refractivity contribution in [3.63, 3.8) is 0 Å². The predicted molar refractivity (Wildman–Crippen MR) is 425 cm³/mol. The minimum atomic E-state index is -0.200.